The zero-order valence-corrected chi connectivity index (χ0v) is 10.4. The molecule has 3 nitrogen and oxygen atoms in total. The van der Waals surface area contributed by atoms with E-state index in [1.165, 1.54) is 37.7 Å². The highest BCUT2D eigenvalue weighted by molar-refractivity contribution is 7.20. The number of fused-ring (bicyclic) bond motifs is 1. The van der Waals surface area contributed by atoms with Crippen molar-refractivity contribution in [2.45, 2.75) is 25.2 Å². The predicted octanol–water partition coefficient (Wildman–Crippen LogP) is 3.35. The Morgan fingerprint density at radius 3 is 3.00 bits per heavy atom. The van der Waals surface area contributed by atoms with Gasteiger partial charge in [0, 0.05) is 11.6 Å². The van der Waals surface area contributed by atoms with E-state index in [4.69, 9.17) is 4.74 Å². The van der Waals surface area contributed by atoms with Crippen molar-refractivity contribution in [2.75, 3.05) is 7.11 Å². The maximum atomic E-state index is 11.8. The Morgan fingerprint density at radius 1 is 1.53 bits per heavy atom. The molecule has 1 aliphatic rings. The van der Waals surface area contributed by atoms with E-state index in [-0.39, 0.29) is 5.97 Å². The number of esters is 1. The molecule has 2 aromatic heterocycles. The Hall–Kier alpha value is -1.42. The first-order chi connectivity index (χ1) is 8.31. The summed E-state index contributed by atoms with van der Waals surface area (Å²) in [6.45, 7) is 0. The average Bonchev–Trinajstić information content (AvgIpc) is 2.66. The van der Waals surface area contributed by atoms with E-state index < -0.39 is 0 Å². The van der Waals surface area contributed by atoms with Crippen LogP contribution in [0.2, 0.25) is 0 Å². The number of carbonyl (C=O) groups is 1. The molecule has 1 saturated carbocycles. The summed E-state index contributed by atoms with van der Waals surface area (Å²) in [5, 5.41) is 1.13. The van der Waals surface area contributed by atoms with Crippen molar-refractivity contribution in [1.29, 1.82) is 0 Å². The third-order valence-electron chi connectivity index (χ3n) is 3.39. The lowest BCUT2D eigenvalue weighted by molar-refractivity contribution is 0.0604. The van der Waals surface area contributed by atoms with Crippen LogP contribution in [0.15, 0.2) is 18.3 Å². The molecule has 0 aromatic carbocycles. The summed E-state index contributed by atoms with van der Waals surface area (Å²) in [6.07, 6.45) is 5.36. The maximum absolute atomic E-state index is 11.8. The molecule has 0 aliphatic heterocycles. The number of carbonyl (C=O) groups excluding carboxylic acids is 1. The summed E-state index contributed by atoms with van der Waals surface area (Å²) < 4.78 is 4.87. The molecule has 0 N–H and O–H groups in total. The predicted molar refractivity (Wildman–Crippen MR) is 67.6 cm³/mol. The van der Waals surface area contributed by atoms with Crippen LogP contribution in [0.4, 0.5) is 0 Å². The smallest absolute Gasteiger partial charge is 0.348 e. The monoisotopic (exact) mass is 247 g/mol. The van der Waals surface area contributed by atoms with Gasteiger partial charge in [-0.1, -0.05) is 12.5 Å². The maximum Gasteiger partial charge on any atom is 0.348 e. The fraction of sp³-hybridized carbons (Fsp3) is 0.385. The van der Waals surface area contributed by atoms with Crippen LogP contribution in [-0.4, -0.2) is 18.1 Å². The summed E-state index contributed by atoms with van der Waals surface area (Å²) >= 11 is 1.45. The normalized spacial score (nSPS) is 15.8. The third kappa shape index (κ3) is 1.63. The zero-order chi connectivity index (χ0) is 11.8. The van der Waals surface area contributed by atoms with Crippen LogP contribution in [0.3, 0.4) is 0 Å². The Kier molecular flexibility index (Phi) is 2.59. The molecule has 3 rings (SSSR count). The Labute approximate surface area is 103 Å². The second-order valence-corrected chi connectivity index (χ2v) is 5.32. The van der Waals surface area contributed by atoms with Crippen LogP contribution in [-0.2, 0) is 4.74 Å². The van der Waals surface area contributed by atoms with Crippen LogP contribution >= 0.6 is 11.3 Å². The van der Waals surface area contributed by atoms with E-state index in [1.54, 1.807) is 6.20 Å². The van der Waals surface area contributed by atoms with Crippen molar-refractivity contribution in [2.24, 2.45) is 0 Å². The van der Waals surface area contributed by atoms with Gasteiger partial charge in [0.25, 0.3) is 0 Å². The summed E-state index contributed by atoms with van der Waals surface area (Å²) in [5.74, 6) is 0.289. The Morgan fingerprint density at radius 2 is 2.35 bits per heavy atom. The molecule has 1 fully saturated rings. The number of rotatable bonds is 2. The lowest BCUT2D eigenvalue weighted by Crippen LogP contribution is -2.12. The highest BCUT2D eigenvalue weighted by atomic mass is 32.1. The second-order valence-electron chi connectivity index (χ2n) is 4.32. The highest BCUT2D eigenvalue weighted by Gasteiger charge is 2.29. The minimum absolute atomic E-state index is 0.227. The molecule has 0 unspecified atom stereocenters. The largest absolute Gasteiger partial charge is 0.465 e. The number of aromatic nitrogens is 1. The number of ether oxygens (including phenoxy) is 1. The molecule has 88 valence electrons. The zero-order valence-electron chi connectivity index (χ0n) is 9.60. The fourth-order valence-electron chi connectivity index (χ4n) is 2.30. The van der Waals surface area contributed by atoms with Gasteiger partial charge in [-0.3, -0.25) is 0 Å². The van der Waals surface area contributed by atoms with Crippen molar-refractivity contribution < 1.29 is 9.53 Å². The molecular weight excluding hydrogens is 234 g/mol. The van der Waals surface area contributed by atoms with Gasteiger partial charge < -0.3 is 4.74 Å². The van der Waals surface area contributed by atoms with Crippen LogP contribution in [0.1, 0.15) is 40.4 Å². The topological polar surface area (TPSA) is 39.2 Å². The summed E-state index contributed by atoms with van der Waals surface area (Å²) in [4.78, 5) is 17.8. The van der Waals surface area contributed by atoms with Gasteiger partial charge in [0.1, 0.15) is 9.71 Å². The van der Waals surface area contributed by atoms with Gasteiger partial charge in [0.2, 0.25) is 0 Å². The van der Waals surface area contributed by atoms with Gasteiger partial charge in [-0.2, -0.15) is 0 Å². The van der Waals surface area contributed by atoms with Crippen molar-refractivity contribution in [1.82, 2.24) is 4.98 Å². The first kappa shape index (κ1) is 10.7. The van der Waals surface area contributed by atoms with Crippen LogP contribution in [0.5, 0.6) is 0 Å². The van der Waals surface area contributed by atoms with Gasteiger partial charge in [-0.15, -0.1) is 11.3 Å². The number of pyridine rings is 1. The van der Waals surface area contributed by atoms with Crippen LogP contribution < -0.4 is 0 Å². The number of thiophene rings is 1. The standard InChI is InChI=1S/C13H13NO2S/c1-16-13(15)11-10(8-4-2-5-8)9-6-3-7-14-12(9)17-11/h3,6-8H,2,4-5H2,1H3. The summed E-state index contributed by atoms with van der Waals surface area (Å²) in [5.41, 5.74) is 1.16. The third-order valence-corrected chi connectivity index (χ3v) is 4.50. The van der Waals surface area contributed by atoms with E-state index in [0.717, 1.165) is 20.7 Å². The number of hydrogen-bond acceptors (Lipinski definition) is 4. The van der Waals surface area contributed by atoms with Crippen molar-refractivity contribution in [3.63, 3.8) is 0 Å². The molecule has 0 bridgehead atoms. The average molecular weight is 247 g/mol. The molecule has 17 heavy (non-hydrogen) atoms. The summed E-state index contributed by atoms with van der Waals surface area (Å²) in [6, 6.07) is 3.98. The second kappa shape index (κ2) is 4.11. The van der Waals surface area contributed by atoms with E-state index in [1.807, 2.05) is 6.07 Å². The Balaban J connectivity index is 2.21. The molecule has 2 aromatic rings. The quantitative estimate of drug-likeness (QED) is 0.764. The number of methoxy groups -OCH3 is 1. The summed E-state index contributed by atoms with van der Waals surface area (Å²) in [7, 11) is 1.44. The Bertz CT molecular complexity index is 572. The number of hydrogen-bond donors (Lipinski definition) is 0. The van der Waals surface area contributed by atoms with Gasteiger partial charge >= 0.3 is 5.97 Å². The SMILES string of the molecule is COC(=O)c1sc2ncccc2c1C1CCC1. The highest BCUT2D eigenvalue weighted by Crippen LogP contribution is 2.44. The molecule has 0 atom stereocenters. The lowest BCUT2D eigenvalue weighted by atomic mass is 9.79. The van der Waals surface area contributed by atoms with E-state index in [9.17, 15) is 4.79 Å². The van der Waals surface area contributed by atoms with Gasteiger partial charge in [0.05, 0.1) is 7.11 Å². The van der Waals surface area contributed by atoms with E-state index in [2.05, 4.69) is 11.1 Å². The van der Waals surface area contributed by atoms with E-state index in [0.29, 0.717) is 5.92 Å². The van der Waals surface area contributed by atoms with Crippen LogP contribution in [0, 0.1) is 0 Å². The molecule has 0 spiro atoms. The van der Waals surface area contributed by atoms with E-state index >= 15 is 0 Å². The van der Waals surface area contributed by atoms with Gasteiger partial charge in [0.15, 0.2) is 0 Å². The van der Waals surface area contributed by atoms with Crippen molar-refractivity contribution >= 4 is 27.5 Å². The fourth-order valence-corrected chi connectivity index (χ4v) is 3.45. The van der Waals surface area contributed by atoms with Crippen molar-refractivity contribution in [3.05, 3.63) is 28.8 Å². The van der Waals surface area contributed by atoms with Gasteiger partial charge in [-0.05, 0) is 30.4 Å². The molecule has 0 saturated heterocycles. The molecule has 0 radical (unpaired) electrons. The van der Waals surface area contributed by atoms with Crippen LogP contribution in [0.25, 0.3) is 10.2 Å². The molecule has 4 heteroatoms. The first-order valence-electron chi connectivity index (χ1n) is 5.77. The minimum Gasteiger partial charge on any atom is -0.465 e. The molecule has 0 amide bonds. The van der Waals surface area contributed by atoms with Crippen molar-refractivity contribution in [3.8, 4) is 0 Å². The molecular formula is C13H13NO2S. The number of nitrogens with zero attached hydrogens (tertiary/aromatic N) is 1. The molecule has 1 aliphatic carbocycles. The minimum atomic E-state index is -0.227. The molecule has 2 heterocycles. The van der Waals surface area contributed by atoms with Gasteiger partial charge in [-0.25, -0.2) is 9.78 Å². The lowest BCUT2D eigenvalue weighted by Gasteiger charge is -2.26. The first-order valence-corrected chi connectivity index (χ1v) is 6.58.